The molecule has 0 saturated heterocycles. The second kappa shape index (κ2) is 6.84. The number of amides is 1. The first kappa shape index (κ1) is 16.1. The van der Waals surface area contributed by atoms with Crippen molar-refractivity contribution < 1.29 is 9.63 Å². The molecule has 0 bridgehead atoms. The molecule has 4 rings (SSSR count). The number of oxime groups is 1. The highest BCUT2D eigenvalue weighted by molar-refractivity contribution is 6.55. The van der Waals surface area contributed by atoms with Crippen molar-refractivity contribution >= 4 is 23.0 Å². The van der Waals surface area contributed by atoms with Crippen LogP contribution in [0.15, 0.2) is 84.0 Å². The molecule has 0 aromatic heterocycles. The molecule has 0 saturated carbocycles. The average molecular weight is 342 g/mol. The summed E-state index contributed by atoms with van der Waals surface area (Å²) in [4.78, 5) is 20.1. The summed E-state index contributed by atoms with van der Waals surface area (Å²) in [5.41, 5.74) is 4.95. The third kappa shape index (κ3) is 2.97. The van der Waals surface area contributed by atoms with E-state index in [1.807, 2.05) is 85.8 Å². The maximum Gasteiger partial charge on any atom is 0.285 e. The Labute approximate surface area is 152 Å². The van der Waals surface area contributed by atoms with Crippen molar-refractivity contribution in [1.29, 1.82) is 0 Å². The largest absolute Gasteiger partial charge is 0.390 e. The molecule has 128 valence electrons. The summed E-state index contributed by atoms with van der Waals surface area (Å²) in [7, 11) is 0. The van der Waals surface area contributed by atoms with Gasteiger partial charge in [0.2, 0.25) is 0 Å². The van der Waals surface area contributed by atoms with Gasteiger partial charge in [-0.2, -0.15) is 0 Å². The number of hydrogen-bond acceptors (Lipinski definition) is 3. The lowest BCUT2D eigenvalue weighted by atomic mass is 10.1. The monoisotopic (exact) mass is 342 g/mol. The molecule has 0 N–H and O–H groups in total. The summed E-state index contributed by atoms with van der Waals surface area (Å²) < 4.78 is 0. The number of nitrogens with zero attached hydrogens (tertiary/aromatic N) is 2. The lowest BCUT2D eigenvalue weighted by molar-refractivity contribution is -0.111. The Morgan fingerprint density at radius 2 is 1.58 bits per heavy atom. The fourth-order valence-electron chi connectivity index (χ4n) is 2.98. The van der Waals surface area contributed by atoms with E-state index in [0.29, 0.717) is 12.3 Å². The van der Waals surface area contributed by atoms with Gasteiger partial charge in [0, 0.05) is 11.3 Å². The summed E-state index contributed by atoms with van der Waals surface area (Å²) in [5.74, 6) is -0.179. The minimum atomic E-state index is -0.179. The molecule has 0 radical (unpaired) electrons. The standard InChI is InChI=1S/C22H18N2O2/c1-16-11-13-17(14-12-16)15-26-23-21-19-9-5-6-10-20(19)24(22(21)25)18-7-3-2-4-8-18/h2-14H,15H2,1H3. The molecule has 0 aliphatic carbocycles. The van der Waals surface area contributed by atoms with E-state index in [4.69, 9.17) is 4.84 Å². The first-order chi connectivity index (χ1) is 12.7. The van der Waals surface area contributed by atoms with Gasteiger partial charge >= 0.3 is 0 Å². The van der Waals surface area contributed by atoms with Crippen LogP contribution in [0.25, 0.3) is 0 Å². The molecule has 1 aliphatic heterocycles. The van der Waals surface area contributed by atoms with Gasteiger partial charge < -0.3 is 4.84 Å². The van der Waals surface area contributed by atoms with Crippen molar-refractivity contribution in [2.45, 2.75) is 13.5 Å². The number of para-hydroxylation sites is 2. The van der Waals surface area contributed by atoms with Gasteiger partial charge in [-0.1, -0.05) is 71.4 Å². The number of benzene rings is 3. The van der Waals surface area contributed by atoms with E-state index in [1.165, 1.54) is 5.56 Å². The molecule has 0 unspecified atom stereocenters. The van der Waals surface area contributed by atoms with E-state index in [2.05, 4.69) is 5.16 Å². The summed E-state index contributed by atoms with van der Waals surface area (Å²) in [5, 5.41) is 4.16. The lowest BCUT2D eigenvalue weighted by Crippen LogP contribution is -2.25. The van der Waals surface area contributed by atoms with Crippen LogP contribution in [0, 0.1) is 6.92 Å². The highest BCUT2D eigenvalue weighted by Crippen LogP contribution is 2.35. The Balaban J connectivity index is 1.62. The Kier molecular flexibility index (Phi) is 4.23. The first-order valence-corrected chi connectivity index (χ1v) is 8.48. The summed E-state index contributed by atoms with van der Waals surface area (Å²) in [6, 6.07) is 25.2. The molecule has 4 nitrogen and oxygen atoms in total. The molecule has 0 atom stereocenters. The van der Waals surface area contributed by atoms with Crippen LogP contribution in [0.5, 0.6) is 0 Å². The Morgan fingerprint density at radius 1 is 0.885 bits per heavy atom. The molecule has 26 heavy (non-hydrogen) atoms. The highest BCUT2D eigenvalue weighted by Gasteiger charge is 2.35. The third-order valence-electron chi connectivity index (χ3n) is 4.33. The smallest absolute Gasteiger partial charge is 0.285 e. The number of aryl methyl sites for hydroxylation is 1. The van der Waals surface area contributed by atoms with Gasteiger partial charge in [0.15, 0.2) is 5.71 Å². The molecule has 4 heteroatoms. The van der Waals surface area contributed by atoms with Crippen LogP contribution in [0.3, 0.4) is 0 Å². The normalized spacial score (nSPS) is 14.6. The van der Waals surface area contributed by atoms with Crippen molar-refractivity contribution in [3.05, 3.63) is 95.6 Å². The number of fused-ring (bicyclic) bond motifs is 1. The second-order valence-electron chi connectivity index (χ2n) is 6.19. The van der Waals surface area contributed by atoms with E-state index in [1.54, 1.807) is 4.90 Å². The molecule has 1 amide bonds. The number of hydrogen-bond donors (Lipinski definition) is 0. The molecular weight excluding hydrogens is 324 g/mol. The molecule has 3 aromatic carbocycles. The number of carbonyl (C=O) groups is 1. The van der Waals surface area contributed by atoms with E-state index in [0.717, 1.165) is 22.5 Å². The Hall–Kier alpha value is -3.40. The van der Waals surface area contributed by atoms with E-state index in [9.17, 15) is 4.79 Å². The molecule has 1 aliphatic rings. The molecule has 1 heterocycles. The van der Waals surface area contributed by atoms with Crippen LogP contribution in [0.2, 0.25) is 0 Å². The van der Waals surface area contributed by atoms with Gasteiger partial charge in [0.05, 0.1) is 5.69 Å². The molecule has 0 fully saturated rings. The van der Waals surface area contributed by atoms with Crippen LogP contribution in [-0.2, 0) is 16.2 Å². The summed E-state index contributed by atoms with van der Waals surface area (Å²) >= 11 is 0. The van der Waals surface area contributed by atoms with Crippen LogP contribution < -0.4 is 4.90 Å². The van der Waals surface area contributed by atoms with Gasteiger partial charge in [0.1, 0.15) is 6.61 Å². The van der Waals surface area contributed by atoms with Crippen LogP contribution in [0.4, 0.5) is 11.4 Å². The van der Waals surface area contributed by atoms with Crippen molar-refractivity contribution in [2.24, 2.45) is 5.16 Å². The second-order valence-corrected chi connectivity index (χ2v) is 6.19. The zero-order valence-electron chi connectivity index (χ0n) is 14.4. The van der Waals surface area contributed by atoms with Gasteiger partial charge in [-0.3, -0.25) is 9.69 Å². The van der Waals surface area contributed by atoms with E-state index >= 15 is 0 Å². The third-order valence-corrected chi connectivity index (χ3v) is 4.33. The van der Waals surface area contributed by atoms with Crippen molar-refractivity contribution in [3.63, 3.8) is 0 Å². The average Bonchev–Trinajstić information content (AvgIpc) is 2.96. The minimum Gasteiger partial charge on any atom is -0.390 e. The quantitative estimate of drug-likeness (QED) is 0.651. The number of anilines is 2. The van der Waals surface area contributed by atoms with E-state index in [-0.39, 0.29) is 5.91 Å². The van der Waals surface area contributed by atoms with Gasteiger partial charge in [-0.15, -0.1) is 0 Å². The van der Waals surface area contributed by atoms with Gasteiger partial charge in [-0.25, -0.2) is 0 Å². The van der Waals surface area contributed by atoms with E-state index < -0.39 is 0 Å². The minimum absolute atomic E-state index is 0.179. The highest BCUT2D eigenvalue weighted by atomic mass is 16.6. The van der Waals surface area contributed by atoms with Crippen molar-refractivity contribution in [2.75, 3.05) is 4.90 Å². The van der Waals surface area contributed by atoms with Crippen LogP contribution in [-0.4, -0.2) is 11.6 Å². The maximum atomic E-state index is 13.0. The molecular formula is C22H18N2O2. The van der Waals surface area contributed by atoms with Gasteiger partial charge in [0.25, 0.3) is 5.91 Å². The van der Waals surface area contributed by atoms with Gasteiger partial charge in [-0.05, 0) is 30.7 Å². The SMILES string of the molecule is Cc1ccc(CON=C2C(=O)N(c3ccccc3)c3ccccc32)cc1. The summed E-state index contributed by atoms with van der Waals surface area (Å²) in [6.07, 6.45) is 0. The topological polar surface area (TPSA) is 41.9 Å². The molecule has 3 aromatic rings. The fourth-order valence-corrected chi connectivity index (χ4v) is 2.98. The maximum absolute atomic E-state index is 13.0. The predicted molar refractivity (Wildman–Crippen MR) is 103 cm³/mol. The first-order valence-electron chi connectivity index (χ1n) is 8.48. The number of carbonyl (C=O) groups excluding carboxylic acids is 1. The van der Waals surface area contributed by atoms with Crippen LogP contribution in [0.1, 0.15) is 16.7 Å². The van der Waals surface area contributed by atoms with Crippen molar-refractivity contribution in [1.82, 2.24) is 0 Å². The fraction of sp³-hybridized carbons (Fsp3) is 0.0909. The predicted octanol–water partition coefficient (Wildman–Crippen LogP) is 4.59. The van der Waals surface area contributed by atoms with Crippen molar-refractivity contribution in [3.8, 4) is 0 Å². The number of rotatable bonds is 4. The zero-order valence-corrected chi connectivity index (χ0v) is 14.4. The summed E-state index contributed by atoms with van der Waals surface area (Å²) in [6.45, 7) is 2.36. The zero-order chi connectivity index (χ0) is 17.9. The molecule has 0 spiro atoms. The lowest BCUT2D eigenvalue weighted by Gasteiger charge is -2.16. The Bertz CT molecular complexity index is 963. The van der Waals surface area contributed by atoms with Crippen LogP contribution >= 0.6 is 0 Å². The Morgan fingerprint density at radius 3 is 2.35 bits per heavy atom.